The summed E-state index contributed by atoms with van der Waals surface area (Å²) in [5.41, 5.74) is -0.350. The second-order valence-corrected chi connectivity index (χ2v) is 3.65. The molecule has 0 saturated carbocycles. The number of esters is 1. The number of hydrogen-bond acceptors (Lipinski definition) is 3. The van der Waals surface area contributed by atoms with Gasteiger partial charge in [-0.2, -0.15) is 12.6 Å². The molecule has 0 aliphatic carbocycles. The van der Waals surface area contributed by atoms with E-state index in [0.717, 1.165) is 18.6 Å². The van der Waals surface area contributed by atoms with E-state index < -0.39 is 0 Å². The number of rotatable bonds is 4. The number of carbonyl (C=O) groups excluding carboxylic acids is 1. The molecule has 0 bridgehead atoms. The van der Waals surface area contributed by atoms with E-state index >= 15 is 0 Å². The largest absolute Gasteiger partial charge is 0.469 e. The molecule has 0 N–H and O–H groups in total. The first-order valence-electron chi connectivity index (χ1n) is 3.74. The van der Waals surface area contributed by atoms with Crippen LogP contribution in [0.5, 0.6) is 0 Å². The van der Waals surface area contributed by atoms with Crippen LogP contribution in [0.3, 0.4) is 0 Å². The molecule has 0 amide bonds. The Kier molecular flexibility index (Phi) is 4.57. The molecule has 3 heteroatoms. The van der Waals surface area contributed by atoms with Crippen molar-refractivity contribution < 1.29 is 9.53 Å². The SMILES string of the molecule is COC(=O)C(C)(C)CCCS. The average molecular weight is 176 g/mol. The molecular weight excluding hydrogens is 160 g/mol. The van der Waals surface area contributed by atoms with Gasteiger partial charge in [-0.1, -0.05) is 0 Å². The Morgan fingerprint density at radius 1 is 1.55 bits per heavy atom. The van der Waals surface area contributed by atoms with E-state index in [1.54, 1.807) is 0 Å². The Morgan fingerprint density at radius 3 is 2.45 bits per heavy atom. The van der Waals surface area contributed by atoms with Crippen LogP contribution in [-0.4, -0.2) is 18.8 Å². The van der Waals surface area contributed by atoms with Crippen molar-refractivity contribution in [2.24, 2.45) is 5.41 Å². The fraction of sp³-hybridized carbons (Fsp3) is 0.875. The molecule has 0 atom stereocenters. The monoisotopic (exact) mass is 176 g/mol. The van der Waals surface area contributed by atoms with E-state index in [4.69, 9.17) is 0 Å². The van der Waals surface area contributed by atoms with Gasteiger partial charge in [0, 0.05) is 0 Å². The van der Waals surface area contributed by atoms with E-state index in [9.17, 15) is 4.79 Å². The van der Waals surface area contributed by atoms with Gasteiger partial charge in [0.05, 0.1) is 12.5 Å². The van der Waals surface area contributed by atoms with Gasteiger partial charge < -0.3 is 4.74 Å². The smallest absolute Gasteiger partial charge is 0.311 e. The Balaban J connectivity index is 3.88. The van der Waals surface area contributed by atoms with Crippen LogP contribution >= 0.6 is 12.6 Å². The summed E-state index contributed by atoms with van der Waals surface area (Å²) in [4.78, 5) is 11.1. The van der Waals surface area contributed by atoms with Gasteiger partial charge in [0.2, 0.25) is 0 Å². The van der Waals surface area contributed by atoms with Crippen LogP contribution in [0.2, 0.25) is 0 Å². The van der Waals surface area contributed by atoms with Crippen LogP contribution in [0.1, 0.15) is 26.7 Å². The number of hydrogen-bond donors (Lipinski definition) is 1. The summed E-state index contributed by atoms with van der Waals surface area (Å²) in [5, 5.41) is 0. The number of methoxy groups -OCH3 is 1. The third-order valence-corrected chi connectivity index (χ3v) is 2.01. The number of thiol groups is 1. The Labute approximate surface area is 73.7 Å². The normalized spacial score (nSPS) is 11.3. The maximum absolute atomic E-state index is 11.1. The summed E-state index contributed by atoms with van der Waals surface area (Å²) >= 11 is 4.08. The van der Waals surface area contributed by atoms with Crippen molar-refractivity contribution >= 4 is 18.6 Å². The van der Waals surface area contributed by atoms with Gasteiger partial charge >= 0.3 is 5.97 Å². The van der Waals surface area contributed by atoms with Crippen LogP contribution < -0.4 is 0 Å². The van der Waals surface area contributed by atoms with Gasteiger partial charge in [0.25, 0.3) is 0 Å². The van der Waals surface area contributed by atoms with Gasteiger partial charge in [0.15, 0.2) is 0 Å². The van der Waals surface area contributed by atoms with E-state index in [2.05, 4.69) is 17.4 Å². The minimum Gasteiger partial charge on any atom is -0.469 e. The van der Waals surface area contributed by atoms with E-state index in [0.29, 0.717) is 0 Å². The van der Waals surface area contributed by atoms with E-state index in [-0.39, 0.29) is 11.4 Å². The van der Waals surface area contributed by atoms with Crippen LogP contribution in [-0.2, 0) is 9.53 Å². The van der Waals surface area contributed by atoms with E-state index in [1.165, 1.54) is 7.11 Å². The minimum absolute atomic E-state index is 0.140. The molecule has 0 fully saturated rings. The highest BCUT2D eigenvalue weighted by molar-refractivity contribution is 7.80. The number of ether oxygens (including phenoxy) is 1. The zero-order valence-corrected chi connectivity index (χ0v) is 8.28. The quantitative estimate of drug-likeness (QED) is 0.523. The van der Waals surface area contributed by atoms with Crippen molar-refractivity contribution in [2.45, 2.75) is 26.7 Å². The topological polar surface area (TPSA) is 26.3 Å². The second kappa shape index (κ2) is 4.65. The van der Waals surface area contributed by atoms with Crippen molar-refractivity contribution in [3.8, 4) is 0 Å². The third kappa shape index (κ3) is 3.65. The molecular formula is C8H16O2S. The lowest BCUT2D eigenvalue weighted by Gasteiger charge is -2.20. The summed E-state index contributed by atoms with van der Waals surface area (Å²) in [6.07, 6.45) is 1.79. The standard InChI is InChI=1S/C8H16O2S/c1-8(2,5-4-6-11)7(9)10-3/h11H,4-6H2,1-3H3. The minimum atomic E-state index is -0.350. The zero-order chi connectivity index (χ0) is 8.91. The van der Waals surface area contributed by atoms with Crippen molar-refractivity contribution in [3.05, 3.63) is 0 Å². The van der Waals surface area contributed by atoms with E-state index in [1.807, 2.05) is 13.8 Å². The molecule has 0 spiro atoms. The van der Waals surface area contributed by atoms with Gasteiger partial charge in [-0.25, -0.2) is 0 Å². The zero-order valence-electron chi connectivity index (χ0n) is 7.39. The molecule has 0 aliphatic rings. The molecule has 66 valence electrons. The number of carbonyl (C=O) groups is 1. The van der Waals surface area contributed by atoms with Gasteiger partial charge in [-0.05, 0) is 32.4 Å². The molecule has 0 aromatic carbocycles. The fourth-order valence-corrected chi connectivity index (χ4v) is 1.06. The van der Waals surface area contributed by atoms with Crippen LogP contribution in [0.25, 0.3) is 0 Å². The molecule has 0 saturated heterocycles. The Bertz CT molecular complexity index is 132. The summed E-state index contributed by atoms with van der Waals surface area (Å²) < 4.78 is 4.65. The summed E-state index contributed by atoms with van der Waals surface area (Å²) in [7, 11) is 1.42. The molecule has 0 heterocycles. The first-order chi connectivity index (χ1) is 5.04. The first kappa shape index (κ1) is 10.8. The molecule has 11 heavy (non-hydrogen) atoms. The Morgan fingerprint density at radius 2 is 2.09 bits per heavy atom. The molecule has 0 aromatic heterocycles. The molecule has 0 aromatic rings. The highest BCUT2D eigenvalue weighted by Gasteiger charge is 2.27. The van der Waals surface area contributed by atoms with Gasteiger partial charge in [-0.15, -0.1) is 0 Å². The average Bonchev–Trinajstić information content (AvgIpc) is 1.99. The van der Waals surface area contributed by atoms with Crippen molar-refractivity contribution in [1.82, 2.24) is 0 Å². The molecule has 0 rings (SSSR count). The molecule has 0 radical (unpaired) electrons. The predicted molar refractivity (Wildman–Crippen MR) is 48.9 cm³/mol. The van der Waals surface area contributed by atoms with Crippen LogP contribution in [0.15, 0.2) is 0 Å². The van der Waals surface area contributed by atoms with Gasteiger partial charge in [0.1, 0.15) is 0 Å². The summed E-state index contributed by atoms with van der Waals surface area (Å²) in [6.45, 7) is 3.78. The lowest BCUT2D eigenvalue weighted by atomic mass is 9.88. The molecule has 0 aliphatic heterocycles. The fourth-order valence-electron chi connectivity index (χ4n) is 0.899. The first-order valence-corrected chi connectivity index (χ1v) is 4.37. The van der Waals surface area contributed by atoms with Gasteiger partial charge in [-0.3, -0.25) is 4.79 Å². The highest BCUT2D eigenvalue weighted by atomic mass is 32.1. The van der Waals surface area contributed by atoms with Crippen molar-refractivity contribution in [3.63, 3.8) is 0 Å². The molecule has 2 nitrogen and oxygen atoms in total. The maximum atomic E-state index is 11.1. The lowest BCUT2D eigenvalue weighted by Crippen LogP contribution is -2.25. The van der Waals surface area contributed by atoms with Crippen molar-refractivity contribution in [1.29, 1.82) is 0 Å². The summed E-state index contributed by atoms with van der Waals surface area (Å²) in [6, 6.07) is 0. The highest BCUT2D eigenvalue weighted by Crippen LogP contribution is 2.23. The maximum Gasteiger partial charge on any atom is 0.311 e. The van der Waals surface area contributed by atoms with Crippen molar-refractivity contribution in [2.75, 3.05) is 12.9 Å². The predicted octanol–water partition coefficient (Wildman–Crippen LogP) is 1.90. The van der Waals surface area contributed by atoms with Crippen LogP contribution in [0.4, 0.5) is 0 Å². The molecule has 0 unspecified atom stereocenters. The summed E-state index contributed by atoms with van der Waals surface area (Å²) in [5.74, 6) is 0.680. The lowest BCUT2D eigenvalue weighted by molar-refractivity contribution is -0.151. The van der Waals surface area contributed by atoms with Crippen LogP contribution in [0, 0.1) is 5.41 Å². The third-order valence-electron chi connectivity index (χ3n) is 1.70. The Hall–Kier alpha value is -0.180. The second-order valence-electron chi connectivity index (χ2n) is 3.20.